The van der Waals surface area contributed by atoms with Crippen LogP contribution < -0.4 is 0 Å². The summed E-state index contributed by atoms with van der Waals surface area (Å²) in [5, 5.41) is 0. The summed E-state index contributed by atoms with van der Waals surface area (Å²) in [4.78, 5) is 10.9. The number of hydrogen-bond donors (Lipinski definition) is 0. The smallest absolute Gasteiger partial charge is 0.305 e. The summed E-state index contributed by atoms with van der Waals surface area (Å²) in [6.45, 7) is 2.19. The highest BCUT2D eigenvalue weighted by Gasteiger charge is 1.98. The van der Waals surface area contributed by atoms with Gasteiger partial charge in [-0.3, -0.25) is 4.79 Å². The lowest BCUT2D eigenvalue weighted by Gasteiger charge is -2.02. The Morgan fingerprint density at radius 3 is 1.95 bits per heavy atom. The molecule has 0 N–H and O–H groups in total. The van der Waals surface area contributed by atoms with E-state index in [4.69, 9.17) is 0 Å². The van der Waals surface area contributed by atoms with Gasteiger partial charge in [-0.25, -0.2) is 0 Å². The number of hydrogen-bond acceptors (Lipinski definition) is 2. The molecule has 0 aromatic heterocycles. The molecule has 122 valence electrons. The lowest BCUT2D eigenvalue weighted by Crippen LogP contribution is -1.99. The molecule has 0 rings (SSSR count). The summed E-state index contributed by atoms with van der Waals surface area (Å²) in [5.74, 6) is -0.0754. The van der Waals surface area contributed by atoms with Crippen molar-refractivity contribution in [2.45, 2.75) is 90.4 Å². The maximum Gasteiger partial charge on any atom is 0.305 e. The molecule has 0 aliphatic rings. The second-order valence-electron chi connectivity index (χ2n) is 5.66. The van der Waals surface area contributed by atoms with Crippen molar-refractivity contribution in [1.82, 2.24) is 0 Å². The monoisotopic (exact) mass is 294 g/mol. The molecule has 0 bridgehead atoms. The van der Waals surface area contributed by atoms with E-state index in [-0.39, 0.29) is 5.97 Å². The molecule has 2 nitrogen and oxygen atoms in total. The van der Waals surface area contributed by atoms with Gasteiger partial charge in [0.2, 0.25) is 0 Å². The van der Waals surface area contributed by atoms with Gasteiger partial charge in [0.1, 0.15) is 0 Å². The molecule has 0 spiro atoms. The molecule has 0 saturated carbocycles. The summed E-state index contributed by atoms with van der Waals surface area (Å²) in [6.07, 6.45) is 19.8. The normalized spacial score (nSPS) is 10.0. The molecule has 0 heterocycles. The van der Waals surface area contributed by atoms with E-state index in [9.17, 15) is 4.79 Å². The number of rotatable bonds is 14. The van der Waals surface area contributed by atoms with E-state index in [0.29, 0.717) is 6.42 Å². The van der Waals surface area contributed by atoms with Crippen LogP contribution in [0, 0.1) is 0 Å². The van der Waals surface area contributed by atoms with E-state index in [1.807, 2.05) is 0 Å². The SMILES string of the molecule is CCCC=C=CCCCCCCCCCCCC(=O)OC. The lowest BCUT2D eigenvalue weighted by atomic mass is 10.1. The van der Waals surface area contributed by atoms with Crippen LogP contribution in [0.5, 0.6) is 0 Å². The Kier molecular flexibility index (Phi) is 16.2. The summed E-state index contributed by atoms with van der Waals surface area (Å²) in [7, 11) is 1.46. The third-order valence-corrected chi connectivity index (χ3v) is 3.63. The summed E-state index contributed by atoms with van der Waals surface area (Å²) >= 11 is 0. The zero-order valence-electron chi connectivity index (χ0n) is 14.2. The fourth-order valence-corrected chi connectivity index (χ4v) is 2.25. The Hall–Kier alpha value is -1.01. The van der Waals surface area contributed by atoms with Gasteiger partial charge in [-0.2, -0.15) is 0 Å². The number of methoxy groups -OCH3 is 1. The molecule has 0 saturated heterocycles. The number of esters is 1. The van der Waals surface area contributed by atoms with Gasteiger partial charge >= 0.3 is 5.97 Å². The lowest BCUT2D eigenvalue weighted by molar-refractivity contribution is -0.140. The van der Waals surface area contributed by atoms with Crippen LogP contribution in [0.3, 0.4) is 0 Å². The van der Waals surface area contributed by atoms with Gasteiger partial charge in [0, 0.05) is 6.42 Å². The van der Waals surface area contributed by atoms with Crippen molar-refractivity contribution in [3.05, 3.63) is 17.9 Å². The first kappa shape index (κ1) is 20.0. The van der Waals surface area contributed by atoms with Crippen LogP contribution in [0.1, 0.15) is 90.4 Å². The largest absolute Gasteiger partial charge is 0.469 e. The van der Waals surface area contributed by atoms with E-state index < -0.39 is 0 Å². The summed E-state index contributed by atoms with van der Waals surface area (Å²) in [6, 6.07) is 0. The molecule has 0 aliphatic heterocycles. The number of allylic oxidation sites excluding steroid dienone is 1. The first-order valence-electron chi connectivity index (χ1n) is 8.77. The maximum absolute atomic E-state index is 10.9. The van der Waals surface area contributed by atoms with Crippen molar-refractivity contribution in [3.8, 4) is 0 Å². The minimum Gasteiger partial charge on any atom is -0.469 e. The molecule has 0 fully saturated rings. The second-order valence-corrected chi connectivity index (χ2v) is 5.66. The van der Waals surface area contributed by atoms with Crippen LogP contribution in [0.2, 0.25) is 0 Å². The van der Waals surface area contributed by atoms with Gasteiger partial charge in [-0.1, -0.05) is 58.3 Å². The van der Waals surface area contributed by atoms with E-state index in [2.05, 4.69) is 29.5 Å². The Morgan fingerprint density at radius 2 is 1.38 bits per heavy atom. The van der Waals surface area contributed by atoms with Crippen molar-refractivity contribution < 1.29 is 9.53 Å². The van der Waals surface area contributed by atoms with Gasteiger partial charge in [0.05, 0.1) is 7.11 Å². The molecule has 0 unspecified atom stereocenters. The molecule has 2 heteroatoms. The predicted octanol–water partition coefficient (Wildman–Crippen LogP) is 5.96. The molecule has 0 atom stereocenters. The summed E-state index contributed by atoms with van der Waals surface area (Å²) in [5.41, 5.74) is 3.25. The van der Waals surface area contributed by atoms with Crippen molar-refractivity contribution in [3.63, 3.8) is 0 Å². The van der Waals surface area contributed by atoms with Gasteiger partial charge in [-0.05, 0) is 37.8 Å². The van der Waals surface area contributed by atoms with Crippen molar-refractivity contribution in [1.29, 1.82) is 0 Å². The van der Waals surface area contributed by atoms with Gasteiger partial charge in [0.25, 0.3) is 0 Å². The van der Waals surface area contributed by atoms with Gasteiger partial charge in [0.15, 0.2) is 0 Å². The molecular formula is C19H34O2. The van der Waals surface area contributed by atoms with E-state index in [1.165, 1.54) is 64.9 Å². The van der Waals surface area contributed by atoms with Crippen molar-refractivity contribution in [2.24, 2.45) is 0 Å². The highest BCUT2D eigenvalue weighted by molar-refractivity contribution is 5.68. The van der Waals surface area contributed by atoms with Crippen LogP contribution in [0.25, 0.3) is 0 Å². The number of carbonyl (C=O) groups is 1. The zero-order chi connectivity index (χ0) is 15.6. The van der Waals surface area contributed by atoms with E-state index in [0.717, 1.165) is 19.3 Å². The molecule has 21 heavy (non-hydrogen) atoms. The quantitative estimate of drug-likeness (QED) is 0.224. The van der Waals surface area contributed by atoms with Crippen molar-refractivity contribution >= 4 is 5.97 Å². The molecular weight excluding hydrogens is 260 g/mol. The molecule has 0 aromatic carbocycles. The number of carbonyl (C=O) groups excluding carboxylic acids is 1. The first-order valence-corrected chi connectivity index (χ1v) is 8.77. The van der Waals surface area contributed by atoms with Crippen LogP contribution in [0.15, 0.2) is 17.9 Å². The van der Waals surface area contributed by atoms with Crippen LogP contribution in [-0.4, -0.2) is 13.1 Å². The Bertz CT molecular complexity index is 288. The topological polar surface area (TPSA) is 26.3 Å². The number of ether oxygens (including phenoxy) is 1. The zero-order valence-corrected chi connectivity index (χ0v) is 14.2. The highest BCUT2D eigenvalue weighted by Crippen LogP contribution is 2.11. The van der Waals surface area contributed by atoms with E-state index in [1.54, 1.807) is 0 Å². The fraction of sp³-hybridized carbons (Fsp3) is 0.789. The average molecular weight is 294 g/mol. The first-order chi connectivity index (χ1) is 10.3. The molecule has 0 aliphatic carbocycles. The van der Waals surface area contributed by atoms with Gasteiger partial charge < -0.3 is 4.74 Å². The second kappa shape index (κ2) is 17.0. The maximum atomic E-state index is 10.9. The van der Waals surface area contributed by atoms with E-state index >= 15 is 0 Å². The molecule has 0 amide bonds. The van der Waals surface area contributed by atoms with Crippen LogP contribution >= 0.6 is 0 Å². The third kappa shape index (κ3) is 16.9. The van der Waals surface area contributed by atoms with Gasteiger partial charge in [-0.15, -0.1) is 5.73 Å². The minimum atomic E-state index is -0.0754. The Morgan fingerprint density at radius 1 is 0.857 bits per heavy atom. The Balaban J connectivity index is 3.12. The third-order valence-electron chi connectivity index (χ3n) is 3.63. The molecule has 0 radical (unpaired) electrons. The standard InChI is InChI=1S/C19H34O2/c1-3-4-5-6-7-8-9-10-11-12-13-14-15-16-17-18-19(20)21-2/h5,7H,3-4,8-18H2,1-2H3. The highest BCUT2D eigenvalue weighted by atomic mass is 16.5. The molecule has 0 aromatic rings. The van der Waals surface area contributed by atoms with Crippen molar-refractivity contribution in [2.75, 3.05) is 7.11 Å². The number of unbranched alkanes of at least 4 members (excludes halogenated alkanes) is 10. The predicted molar refractivity (Wildman–Crippen MR) is 90.4 cm³/mol. The fourth-order valence-electron chi connectivity index (χ4n) is 2.25. The Labute approximate surface area is 131 Å². The minimum absolute atomic E-state index is 0.0754. The van der Waals surface area contributed by atoms with Crippen LogP contribution in [-0.2, 0) is 9.53 Å². The average Bonchev–Trinajstić information content (AvgIpc) is 2.50. The van der Waals surface area contributed by atoms with Crippen LogP contribution in [0.4, 0.5) is 0 Å². The summed E-state index contributed by atoms with van der Waals surface area (Å²) < 4.78 is 4.62.